The Hall–Kier alpha value is -3.56. The van der Waals surface area contributed by atoms with Crippen LogP contribution in [0.5, 0.6) is 0 Å². The summed E-state index contributed by atoms with van der Waals surface area (Å²) < 4.78 is 0. The van der Waals surface area contributed by atoms with Crippen molar-refractivity contribution >= 4 is 23.6 Å². The van der Waals surface area contributed by atoms with E-state index in [9.17, 15) is 14.9 Å². The van der Waals surface area contributed by atoms with Crippen LogP contribution in [0.4, 0.5) is 0 Å². The molecule has 1 aliphatic rings. The lowest BCUT2D eigenvalue weighted by atomic mass is 10.1. The Morgan fingerprint density at radius 3 is 2.42 bits per heavy atom. The zero-order chi connectivity index (χ0) is 23.0. The Kier molecular flexibility index (Phi) is 7.43. The molecule has 0 aliphatic carbocycles. The highest BCUT2D eigenvalue weighted by molar-refractivity contribution is 7.99. The van der Waals surface area contributed by atoms with Gasteiger partial charge < -0.3 is 10.2 Å². The van der Waals surface area contributed by atoms with Gasteiger partial charge in [0.15, 0.2) is 0 Å². The van der Waals surface area contributed by atoms with Gasteiger partial charge in [-0.2, -0.15) is 5.26 Å². The highest BCUT2D eigenvalue weighted by Gasteiger charge is 2.18. The van der Waals surface area contributed by atoms with E-state index in [-0.39, 0.29) is 11.8 Å². The van der Waals surface area contributed by atoms with Crippen molar-refractivity contribution in [1.82, 2.24) is 10.2 Å². The highest BCUT2D eigenvalue weighted by atomic mass is 32.2. The summed E-state index contributed by atoms with van der Waals surface area (Å²) in [7, 11) is 0. The summed E-state index contributed by atoms with van der Waals surface area (Å²) in [4.78, 5) is 29.3. The fourth-order valence-electron chi connectivity index (χ4n) is 3.88. The highest BCUT2D eigenvalue weighted by Crippen LogP contribution is 2.32. The van der Waals surface area contributed by atoms with Gasteiger partial charge in [0.05, 0.1) is 11.1 Å². The predicted molar refractivity (Wildman–Crippen MR) is 129 cm³/mol. The van der Waals surface area contributed by atoms with E-state index in [1.165, 1.54) is 18.2 Å². The lowest BCUT2D eigenvalue weighted by molar-refractivity contribution is 0.0724. The molecule has 6 heteroatoms. The number of benzene rings is 3. The number of hydrogen-bond acceptors (Lipinski definition) is 4. The minimum atomic E-state index is -0.194. The monoisotopic (exact) mass is 455 g/mol. The minimum absolute atomic E-state index is 0.0563. The van der Waals surface area contributed by atoms with Crippen molar-refractivity contribution in [3.63, 3.8) is 0 Å². The molecule has 1 saturated heterocycles. The van der Waals surface area contributed by atoms with Gasteiger partial charge in [-0.15, -0.1) is 0 Å². The molecule has 1 N–H and O–H groups in total. The molecule has 5 nitrogen and oxygen atoms in total. The van der Waals surface area contributed by atoms with Crippen LogP contribution in [-0.4, -0.2) is 29.8 Å². The number of carbonyl (C=O) groups excluding carboxylic acids is 2. The molecule has 33 heavy (non-hydrogen) atoms. The Bertz CT molecular complexity index is 1200. The molecule has 4 rings (SSSR count). The molecular weight excluding hydrogens is 430 g/mol. The van der Waals surface area contributed by atoms with E-state index in [2.05, 4.69) is 11.4 Å². The summed E-state index contributed by atoms with van der Waals surface area (Å²) in [6.07, 6.45) is 3.28. The quantitative estimate of drug-likeness (QED) is 0.550. The van der Waals surface area contributed by atoms with Crippen molar-refractivity contribution in [1.29, 1.82) is 5.26 Å². The number of likely N-dealkylation sites (tertiary alicyclic amines) is 1. The molecule has 166 valence electrons. The van der Waals surface area contributed by atoms with Crippen molar-refractivity contribution in [2.75, 3.05) is 13.1 Å². The van der Waals surface area contributed by atoms with Crippen LogP contribution in [-0.2, 0) is 6.54 Å². The Morgan fingerprint density at radius 1 is 0.909 bits per heavy atom. The smallest absolute Gasteiger partial charge is 0.253 e. The van der Waals surface area contributed by atoms with Gasteiger partial charge >= 0.3 is 0 Å². The minimum Gasteiger partial charge on any atom is -0.348 e. The van der Waals surface area contributed by atoms with Gasteiger partial charge in [-0.1, -0.05) is 48.2 Å². The molecule has 3 aromatic carbocycles. The number of carbonyl (C=O) groups is 2. The topological polar surface area (TPSA) is 73.2 Å². The number of rotatable bonds is 6. The van der Waals surface area contributed by atoms with Crippen molar-refractivity contribution in [3.05, 3.63) is 95.1 Å². The van der Waals surface area contributed by atoms with Crippen molar-refractivity contribution in [2.45, 2.75) is 35.6 Å². The Balaban J connectivity index is 1.45. The van der Waals surface area contributed by atoms with Gasteiger partial charge in [-0.05, 0) is 61.2 Å². The zero-order valence-corrected chi connectivity index (χ0v) is 19.1. The summed E-state index contributed by atoms with van der Waals surface area (Å²) in [5.41, 5.74) is 2.67. The van der Waals surface area contributed by atoms with Crippen molar-refractivity contribution in [3.8, 4) is 6.07 Å². The van der Waals surface area contributed by atoms with E-state index in [4.69, 9.17) is 0 Å². The van der Waals surface area contributed by atoms with Crippen molar-refractivity contribution < 1.29 is 9.59 Å². The summed E-state index contributed by atoms with van der Waals surface area (Å²) in [5, 5.41) is 12.3. The maximum absolute atomic E-state index is 13.0. The van der Waals surface area contributed by atoms with Gasteiger partial charge in [0, 0.05) is 35.0 Å². The molecule has 0 radical (unpaired) electrons. The van der Waals surface area contributed by atoms with Gasteiger partial charge in [0.1, 0.15) is 6.07 Å². The molecule has 1 heterocycles. The number of piperidine rings is 1. The van der Waals surface area contributed by atoms with E-state index in [1.807, 2.05) is 65.6 Å². The number of amides is 2. The average molecular weight is 456 g/mol. The molecule has 0 unspecified atom stereocenters. The zero-order valence-electron chi connectivity index (χ0n) is 18.3. The van der Waals surface area contributed by atoms with Crippen LogP contribution in [0.3, 0.4) is 0 Å². The van der Waals surface area contributed by atoms with Gasteiger partial charge in [-0.3, -0.25) is 9.59 Å². The molecule has 0 spiro atoms. The predicted octanol–water partition coefficient (Wildman–Crippen LogP) is 5.27. The number of nitrogens with zero attached hydrogens (tertiary/aromatic N) is 2. The number of nitrogens with one attached hydrogen (secondary N) is 1. The van der Waals surface area contributed by atoms with E-state index >= 15 is 0 Å². The third-order valence-electron chi connectivity index (χ3n) is 5.63. The SMILES string of the molecule is N#Cc1ccccc1Sc1ccccc1C(=O)NCc1cccc(C(=O)N2CCCCC2)c1. The molecule has 0 aromatic heterocycles. The van der Waals surface area contributed by atoms with E-state index in [0.29, 0.717) is 23.2 Å². The second-order valence-electron chi connectivity index (χ2n) is 7.94. The molecule has 1 fully saturated rings. The molecular formula is C27H25N3O2S. The Labute approximate surface area is 198 Å². The van der Waals surface area contributed by atoms with Crippen LogP contribution in [0.2, 0.25) is 0 Å². The first kappa shape index (κ1) is 22.6. The molecule has 3 aromatic rings. The van der Waals surface area contributed by atoms with Crippen LogP contribution in [0.1, 0.15) is 51.1 Å². The molecule has 1 aliphatic heterocycles. The number of hydrogen-bond donors (Lipinski definition) is 1. The lowest BCUT2D eigenvalue weighted by Gasteiger charge is -2.26. The van der Waals surface area contributed by atoms with Gasteiger partial charge in [0.25, 0.3) is 11.8 Å². The van der Waals surface area contributed by atoms with Crippen LogP contribution >= 0.6 is 11.8 Å². The summed E-state index contributed by atoms with van der Waals surface area (Å²) in [6, 6.07) is 24.4. The van der Waals surface area contributed by atoms with Crippen molar-refractivity contribution in [2.24, 2.45) is 0 Å². The van der Waals surface area contributed by atoms with E-state index in [1.54, 1.807) is 12.1 Å². The van der Waals surface area contributed by atoms with Crippen LogP contribution < -0.4 is 5.32 Å². The second kappa shape index (κ2) is 10.8. The van der Waals surface area contributed by atoms with Gasteiger partial charge in [-0.25, -0.2) is 0 Å². The standard InChI is InChI=1S/C27H25N3O2S/c28-18-22-10-2-4-13-24(22)33-25-14-5-3-12-23(25)26(31)29-19-20-9-8-11-21(17-20)27(32)30-15-6-1-7-16-30/h2-5,8-14,17H,1,6-7,15-16,19H2,(H,29,31). The lowest BCUT2D eigenvalue weighted by Crippen LogP contribution is -2.35. The third kappa shape index (κ3) is 5.63. The molecule has 2 amide bonds. The van der Waals surface area contributed by atoms with E-state index in [0.717, 1.165) is 41.3 Å². The fraction of sp³-hybridized carbons (Fsp3) is 0.222. The van der Waals surface area contributed by atoms with Crippen LogP contribution in [0, 0.1) is 11.3 Å². The van der Waals surface area contributed by atoms with Gasteiger partial charge in [0.2, 0.25) is 0 Å². The Morgan fingerprint density at radius 2 is 1.64 bits per heavy atom. The maximum Gasteiger partial charge on any atom is 0.253 e. The largest absolute Gasteiger partial charge is 0.348 e. The molecule has 0 atom stereocenters. The number of nitriles is 1. The van der Waals surface area contributed by atoms with E-state index < -0.39 is 0 Å². The maximum atomic E-state index is 13.0. The average Bonchev–Trinajstić information content (AvgIpc) is 2.88. The summed E-state index contributed by atoms with van der Waals surface area (Å²) in [5.74, 6) is -0.138. The fourth-order valence-corrected chi connectivity index (χ4v) is 4.91. The first-order chi connectivity index (χ1) is 16.2. The molecule has 0 bridgehead atoms. The first-order valence-corrected chi connectivity index (χ1v) is 11.9. The molecule has 0 saturated carbocycles. The van der Waals surface area contributed by atoms with Crippen LogP contribution in [0.25, 0.3) is 0 Å². The van der Waals surface area contributed by atoms with Crippen LogP contribution in [0.15, 0.2) is 82.6 Å². The summed E-state index contributed by atoms with van der Waals surface area (Å²) in [6.45, 7) is 1.94. The second-order valence-corrected chi connectivity index (χ2v) is 9.03. The third-order valence-corrected chi connectivity index (χ3v) is 6.78. The summed E-state index contributed by atoms with van der Waals surface area (Å²) >= 11 is 1.40. The first-order valence-electron chi connectivity index (χ1n) is 11.1. The normalized spacial score (nSPS) is 13.2.